The van der Waals surface area contributed by atoms with Gasteiger partial charge in [0, 0.05) is 13.1 Å². The summed E-state index contributed by atoms with van der Waals surface area (Å²) >= 11 is 3.06. The van der Waals surface area contributed by atoms with Gasteiger partial charge in [-0.1, -0.05) is 0 Å². The molecule has 1 saturated heterocycles. The van der Waals surface area contributed by atoms with Gasteiger partial charge in [-0.15, -0.1) is 0 Å². The van der Waals surface area contributed by atoms with Gasteiger partial charge in [0.1, 0.15) is 5.82 Å². The van der Waals surface area contributed by atoms with E-state index in [1.54, 1.807) is 13.0 Å². The van der Waals surface area contributed by atoms with Crippen molar-refractivity contribution in [2.45, 2.75) is 19.8 Å². The smallest absolute Gasteiger partial charge is 0.271 e. The van der Waals surface area contributed by atoms with Crippen LogP contribution in [-0.2, 0) is 10.2 Å². The number of aryl methyl sites for hydroxylation is 1. The van der Waals surface area contributed by atoms with Crippen molar-refractivity contribution in [3.05, 3.63) is 28.0 Å². The second-order valence-electron chi connectivity index (χ2n) is 4.29. The molecule has 0 spiro atoms. The van der Waals surface area contributed by atoms with Gasteiger partial charge in [-0.05, 0) is 53.4 Å². The lowest BCUT2D eigenvalue weighted by Gasteiger charge is -2.18. The first kappa shape index (κ1) is 13.8. The van der Waals surface area contributed by atoms with Crippen LogP contribution < -0.4 is 4.72 Å². The Hall–Kier alpha value is -0.660. The van der Waals surface area contributed by atoms with Crippen molar-refractivity contribution in [2.24, 2.45) is 0 Å². The highest BCUT2D eigenvalue weighted by Crippen LogP contribution is 2.25. The van der Waals surface area contributed by atoms with Gasteiger partial charge in [0.05, 0.1) is 10.2 Å². The predicted octanol–water partition coefficient (Wildman–Crippen LogP) is 2.65. The molecule has 0 unspecified atom stereocenters. The molecule has 7 heteroatoms. The van der Waals surface area contributed by atoms with E-state index in [-0.39, 0.29) is 5.69 Å². The summed E-state index contributed by atoms with van der Waals surface area (Å²) in [5, 5.41) is 0. The first-order valence-electron chi connectivity index (χ1n) is 5.64. The van der Waals surface area contributed by atoms with E-state index in [4.69, 9.17) is 0 Å². The van der Waals surface area contributed by atoms with Crippen molar-refractivity contribution in [2.75, 3.05) is 17.8 Å². The molecule has 0 saturated carbocycles. The third kappa shape index (κ3) is 2.84. The zero-order chi connectivity index (χ0) is 13.3. The Labute approximate surface area is 114 Å². The normalized spacial score (nSPS) is 17.1. The third-order valence-electron chi connectivity index (χ3n) is 2.91. The van der Waals surface area contributed by atoms with E-state index in [9.17, 15) is 12.8 Å². The Morgan fingerprint density at radius 1 is 1.33 bits per heavy atom. The first-order valence-corrected chi connectivity index (χ1v) is 7.87. The number of hydrogen-bond acceptors (Lipinski definition) is 2. The van der Waals surface area contributed by atoms with Crippen molar-refractivity contribution in [3.8, 4) is 0 Å². The predicted molar refractivity (Wildman–Crippen MR) is 72.2 cm³/mol. The van der Waals surface area contributed by atoms with Gasteiger partial charge in [0.25, 0.3) is 0 Å². The number of anilines is 1. The van der Waals surface area contributed by atoms with Crippen LogP contribution in [0.25, 0.3) is 0 Å². The highest BCUT2D eigenvalue weighted by atomic mass is 79.9. The van der Waals surface area contributed by atoms with Crippen LogP contribution in [0.3, 0.4) is 0 Å². The zero-order valence-electron chi connectivity index (χ0n) is 9.91. The maximum atomic E-state index is 13.4. The van der Waals surface area contributed by atoms with Crippen molar-refractivity contribution in [3.63, 3.8) is 0 Å². The minimum absolute atomic E-state index is 0.280. The molecule has 0 aromatic heterocycles. The SMILES string of the molecule is Cc1cc(Br)c(F)cc1NS(=O)(=O)N1CCCC1. The summed E-state index contributed by atoms with van der Waals surface area (Å²) < 4.78 is 41.6. The fourth-order valence-corrected chi connectivity index (χ4v) is 3.71. The molecular formula is C11H14BrFN2O2S. The van der Waals surface area contributed by atoms with Gasteiger partial charge >= 0.3 is 10.2 Å². The molecule has 100 valence electrons. The lowest BCUT2D eigenvalue weighted by Crippen LogP contribution is -2.33. The molecule has 4 nitrogen and oxygen atoms in total. The molecule has 2 rings (SSSR count). The Morgan fingerprint density at radius 2 is 1.94 bits per heavy atom. The van der Waals surface area contributed by atoms with Crippen LogP contribution in [0.1, 0.15) is 18.4 Å². The van der Waals surface area contributed by atoms with E-state index >= 15 is 0 Å². The van der Waals surface area contributed by atoms with Gasteiger partial charge < -0.3 is 0 Å². The lowest BCUT2D eigenvalue weighted by atomic mass is 10.2. The Kier molecular flexibility index (Phi) is 3.93. The number of benzene rings is 1. The molecule has 0 aliphatic carbocycles. The summed E-state index contributed by atoms with van der Waals surface area (Å²) in [6.45, 7) is 2.77. The second-order valence-corrected chi connectivity index (χ2v) is 6.82. The van der Waals surface area contributed by atoms with Crippen LogP contribution in [0.2, 0.25) is 0 Å². The Balaban J connectivity index is 2.26. The van der Waals surface area contributed by atoms with Crippen molar-refractivity contribution < 1.29 is 12.8 Å². The quantitative estimate of drug-likeness (QED) is 0.922. The highest BCUT2D eigenvalue weighted by Gasteiger charge is 2.25. The second kappa shape index (κ2) is 5.14. The van der Waals surface area contributed by atoms with E-state index in [0.29, 0.717) is 23.1 Å². The van der Waals surface area contributed by atoms with Gasteiger partial charge in [-0.25, -0.2) is 4.39 Å². The maximum Gasteiger partial charge on any atom is 0.301 e. The monoisotopic (exact) mass is 336 g/mol. The van der Waals surface area contributed by atoms with Crippen molar-refractivity contribution >= 4 is 31.8 Å². The topological polar surface area (TPSA) is 49.4 Å². The standard InChI is InChI=1S/C11H14BrFN2O2S/c1-8-6-9(12)10(13)7-11(8)14-18(16,17)15-4-2-3-5-15/h6-7,14H,2-5H2,1H3. The summed E-state index contributed by atoms with van der Waals surface area (Å²) in [4.78, 5) is 0. The van der Waals surface area contributed by atoms with Gasteiger partial charge in [-0.3, -0.25) is 4.72 Å². The van der Waals surface area contributed by atoms with E-state index in [2.05, 4.69) is 20.7 Å². The summed E-state index contributed by atoms with van der Waals surface area (Å²) in [6.07, 6.45) is 1.74. The summed E-state index contributed by atoms with van der Waals surface area (Å²) in [6, 6.07) is 2.74. The molecule has 0 atom stereocenters. The number of rotatable bonds is 3. The van der Waals surface area contributed by atoms with E-state index in [1.807, 2.05) is 0 Å². The molecule has 0 amide bonds. The van der Waals surface area contributed by atoms with Gasteiger partial charge in [0.2, 0.25) is 0 Å². The first-order chi connectivity index (χ1) is 8.40. The average molecular weight is 337 g/mol. The average Bonchev–Trinajstić information content (AvgIpc) is 2.79. The molecule has 1 aliphatic heterocycles. The number of nitrogens with one attached hydrogen (secondary N) is 1. The number of halogens is 2. The molecule has 1 N–H and O–H groups in total. The van der Waals surface area contributed by atoms with Crippen LogP contribution in [-0.4, -0.2) is 25.8 Å². The van der Waals surface area contributed by atoms with E-state index < -0.39 is 16.0 Å². The molecule has 18 heavy (non-hydrogen) atoms. The van der Waals surface area contributed by atoms with Crippen molar-refractivity contribution in [1.82, 2.24) is 4.31 Å². The van der Waals surface area contributed by atoms with Crippen LogP contribution in [0, 0.1) is 12.7 Å². The minimum atomic E-state index is -3.56. The zero-order valence-corrected chi connectivity index (χ0v) is 12.3. The minimum Gasteiger partial charge on any atom is -0.271 e. The lowest BCUT2D eigenvalue weighted by molar-refractivity contribution is 0.482. The van der Waals surface area contributed by atoms with Crippen molar-refractivity contribution in [1.29, 1.82) is 0 Å². The molecular weight excluding hydrogens is 323 g/mol. The largest absolute Gasteiger partial charge is 0.301 e. The molecule has 0 radical (unpaired) electrons. The Bertz CT molecular complexity index is 556. The number of nitrogens with zero attached hydrogens (tertiary/aromatic N) is 1. The Morgan fingerprint density at radius 3 is 2.56 bits per heavy atom. The fraction of sp³-hybridized carbons (Fsp3) is 0.455. The van der Waals surface area contributed by atoms with Crippen LogP contribution in [0.5, 0.6) is 0 Å². The molecule has 1 aliphatic rings. The molecule has 1 heterocycles. The summed E-state index contributed by atoms with van der Waals surface area (Å²) in [5.74, 6) is -0.486. The summed E-state index contributed by atoms with van der Waals surface area (Å²) in [5.41, 5.74) is 0.952. The fourth-order valence-electron chi connectivity index (χ4n) is 1.89. The van der Waals surface area contributed by atoms with Gasteiger partial charge in [-0.2, -0.15) is 12.7 Å². The van der Waals surface area contributed by atoms with Gasteiger partial charge in [0.15, 0.2) is 0 Å². The van der Waals surface area contributed by atoms with E-state index in [0.717, 1.165) is 12.8 Å². The molecule has 1 aromatic carbocycles. The van der Waals surface area contributed by atoms with Crippen LogP contribution >= 0.6 is 15.9 Å². The molecule has 1 fully saturated rings. The molecule has 0 bridgehead atoms. The van der Waals surface area contributed by atoms with Crippen LogP contribution in [0.4, 0.5) is 10.1 Å². The van der Waals surface area contributed by atoms with Crippen LogP contribution in [0.15, 0.2) is 16.6 Å². The third-order valence-corrected chi connectivity index (χ3v) is 5.04. The molecule has 1 aromatic rings. The maximum absolute atomic E-state index is 13.4. The highest BCUT2D eigenvalue weighted by molar-refractivity contribution is 9.10. The summed E-state index contributed by atoms with van der Waals surface area (Å²) in [7, 11) is -3.56. The number of hydrogen-bond donors (Lipinski definition) is 1. The van der Waals surface area contributed by atoms with E-state index in [1.165, 1.54) is 10.4 Å².